The number of anilines is 1. The van der Waals surface area contributed by atoms with E-state index in [9.17, 15) is 4.79 Å². The highest BCUT2D eigenvalue weighted by Gasteiger charge is 2.11. The van der Waals surface area contributed by atoms with Crippen molar-refractivity contribution in [2.24, 2.45) is 0 Å². The number of carbonyl (C=O) groups excluding carboxylic acids is 1. The minimum Gasteiger partial charge on any atom is -0.459 e. The van der Waals surface area contributed by atoms with Crippen molar-refractivity contribution < 1.29 is 14.3 Å². The molecule has 0 bridgehead atoms. The summed E-state index contributed by atoms with van der Waals surface area (Å²) in [7, 11) is 0. The maximum atomic E-state index is 12.1. The molecular formula is C20H16Cl2N2O3S2. The van der Waals surface area contributed by atoms with E-state index < -0.39 is 0 Å². The van der Waals surface area contributed by atoms with Crippen LogP contribution in [0, 0.1) is 0 Å². The van der Waals surface area contributed by atoms with Crippen molar-refractivity contribution in [3.63, 3.8) is 0 Å². The number of aliphatic hydroxyl groups is 1. The van der Waals surface area contributed by atoms with Crippen molar-refractivity contribution in [3.05, 3.63) is 70.4 Å². The Labute approximate surface area is 187 Å². The lowest BCUT2D eigenvalue weighted by Crippen LogP contribution is -2.35. The molecule has 29 heavy (non-hydrogen) atoms. The lowest BCUT2D eigenvalue weighted by atomic mass is 10.1. The Bertz CT molecular complexity index is 1020. The first-order chi connectivity index (χ1) is 13.9. The second kappa shape index (κ2) is 10.1. The molecule has 0 saturated heterocycles. The van der Waals surface area contributed by atoms with Gasteiger partial charge in [-0.1, -0.05) is 23.2 Å². The monoisotopic (exact) mass is 466 g/mol. The van der Waals surface area contributed by atoms with Crippen molar-refractivity contribution in [2.75, 3.05) is 11.1 Å². The summed E-state index contributed by atoms with van der Waals surface area (Å²) >= 11 is 18.7. The number of carbonyl (C=O) groups is 1. The van der Waals surface area contributed by atoms with Gasteiger partial charge in [0.1, 0.15) is 18.1 Å². The first kappa shape index (κ1) is 21.7. The van der Waals surface area contributed by atoms with Crippen molar-refractivity contribution in [2.45, 2.75) is 11.5 Å². The number of hydrogen-bond acceptors (Lipinski definition) is 5. The normalized spacial score (nSPS) is 10.6. The van der Waals surface area contributed by atoms with Gasteiger partial charge in [-0.3, -0.25) is 4.79 Å². The van der Waals surface area contributed by atoms with Gasteiger partial charge in [-0.2, -0.15) is 0 Å². The van der Waals surface area contributed by atoms with Gasteiger partial charge in [0.05, 0.1) is 10.8 Å². The molecule has 0 radical (unpaired) electrons. The summed E-state index contributed by atoms with van der Waals surface area (Å²) in [5, 5.41) is 16.1. The Kier molecular flexibility index (Phi) is 7.57. The second-order valence-electron chi connectivity index (χ2n) is 5.86. The third-order valence-corrected chi connectivity index (χ3v) is 5.54. The minimum atomic E-state index is -0.227. The van der Waals surface area contributed by atoms with E-state index >= 15 is 0 Å². The second-order valence-corrected chi connectivity index (χ2v) is 8.16. The first-order valence-corrected chi connectivity index (χ1v) is 10.6. The van der Waals surface area contributed by atoms with Crippen LogP contribution in [0.4, 0.5) is 5.69 Å². The maximum absolute atomic E-state index is 12.1. The Balaban J connectivity index is 1.57. The van der Waals surface area contributed by atoms with Crippen molar-refractivity contribution in [3.8, 4) is 11.3 Å². The zero-order valence-corrected chi connectivity index (χ0v) is 18.1. The SMILES string of the molecule is O=C(CSc1ccc(Cl)cc1)NC(=S)Nc1ccc(Cl)c(-c2ccc(CO)o2)c1. The quantitative estimate of drug-likeness (QED) is 0.335. The molecule has 0 aliphatic heterocycles. The molecule has 0 spiro atoms. The van der Waals surface area contributed by atoms with E-state index in [1.54, 1.807) is 42.5 Å². The number of thioether (sulfide) groups is 1. The molecule has 150 valence electrons. The number of nitrogens with one attached hydrogen (secondary N) is 2. The molecule has 1 aromatic heterocycles. The average Bonchev–Trinajstić information content (AvgIpc) is 3.18. The Morgan fingerprint density at radius 1 is 1.10 bits per heavy atom. The van der Waals surface area contributed by atoms with Gasteiger partial charge in [-0.15, -0.1) is 11.8 Å². The van der Waals surface area contributed by atoms with Gasteiger partial charge in [-0.25, -0.2) is 0 Å². The van der Waals surface area contributed by atoms with Crippen LogP contribution in [0.2, 0.25) is 10.0 Å². The van der Waals surface area contributed by atoms with Crippen LogP contribution in [0.15, 0.2) is 63.9 Å². The molecule has 3 rings (SSSR count). The number of furan rings is 1. The van der Waals surface area contributed by atoms with Crippen molar-refractivity contribution in [1.29, 1.82) is 0 Å². The summed E-state index contributed by atoms with van der Waals surface area (Å²) in [6.07, 6.45) is 0. The van der Waals surface area contributed by atoms with Gasteiger partial charge >= 0.3 is 0 Å². The zero-order chi connectivity index (χ0) is 20.8. The van der Waals surface area contributed by atoms with E-state index in [1.807, 2.05) is 12.1 Å². The van der Waals surface area contributed by atoms with Crippen molar-refractivity contribution in [1.82, 2.24) is 5.32 Å². The standard InChI is InChI=1S/C20H16Cl2N2O3S2/c21-12-1-5-15(6-2-12)29-11-19(26)24-20(28)23-13-3-7-17(22)16(9-13)18-8-4-14(10-25)27-18/h1-9,25H,10-11H2,(H2,23,24,26,28). The van der Waals surface area contributed by atoms with Crippen LogP contribution in [0.3, 0.4) is 0 Å². The number of hydrogen-bond donors (Lipinski definition) is 3. The summed E-state index contributed by atoms with van der Waals surface area (Å²) in [6.45, 7) is -0.195. The smallest absolute Gasteiger partial charge is 0.236 e. The van der Waals surface area contributed by atoms with Gasteiger partial charge in [0.25, 0.3) is 0 Å². The molecule has 5 nitrogen and oxygen atoms in total. The molecular weight excluding hydrogens is 451 g/mol. The van der Waals surface area contributed by atoms with E-state index in [0.717, 1.165) is 4.90 Å². The highest BCUT2D eigenvalue weighted by Crippen LogP contribution is 2.32. The van der Waals surface area contributed by atoms with Crippen LogP contribution in [-0.4, -0.2) is 21.9 Å². The predicted molar refractivity (Wildman–Crippen MR) is 122 cm³/mol. The third kappa shape index (κ3) is 6.22. The molecule has 0 unspecified atom stereocenters. The van der Waals surface area contributed by atoms with Gasteiger partial charge in [0.2, 0.25) is 5.91 Å². The number of amides is 1. The average molecular weight is 467 g/mol. The molecule has 3 N–H and O–H groups in total. The van der Waals surface area contributed by atoms with Gasteiger partial charge in [0.15, 0.2) is 5.11 Å². The number of halogens is 2. The number of benzene rings is 2. The Morgan fingerprint density at radius 3 is 2.55 bits per heavy atom. The number of aliphatic hydroxyl groups excluding tert-OH is 1. The Hall–Kier alpha value is -2.03. The van der Waals surface area contributed by atoms with Gasteiger partial charge in [0, 0.05) is 21.2 Å². The molecule has 9 heteroatoms. The maximum Gasteiger partial charge on any atom is 0.236 e. The van der Waals surface area contributed by atoms with E-state index in [4.69, 9.17) is 44.9 Å². The molecule has 0 aliphatic rings. The highest BCUT2D eigenvalue weighted by molar-refractivity contribution is 8.00. The first-order valence-electron chi connectivity index (χ1n) is 8.43. The fourth-order valence-corrected chi connectivity index (χ4v) is 3.67. The highest BCUT2D eigenvalue weighted by atomic mass is 35.5. The van der Waals surface area contributed by atoms with Crippen LogP contribution in [0.1, 0.15) is 5.76 Å². The van der Waals surface area contributed by atoms with Crippen LogP contribution in [0.5, 0.6) is 0 Å². The minimum absolute atomic E-state index is 0.176. The van der Waals surface area contributed by atoms with E-state index in [2.05, 4.69) is 10.6 Å². The molecule has 0 atom stereocenters. The molecule has 1 heterocycles. The molecule has 1 amide bonds. The summed E-state index contributed by atoms with van der Waals surface area (Å²) in [6, 6.07) is 15.8. The zero-order valence-electron chi connectivity index (χ0n) is 14.9. The summed E-state index contributed by atoms with van der Waals surface area (Å²) in [5.41, 5.74) is 1.28. The molecule has 0 fully saturated rings. The lowest BCUT2D eigenvalue weighted by molar-refractivity contribution is -0.117. The fraction of sp³-hybridized carbons (Fsp3) is 0.100. The summed E-state index contributed by atoms with van der Waals surface area (Å²) in [4.78, 5) is 13.1. The van der Waals surface area contributed by atoms with Crippen LogP contribution >= 0.6 is 47.2 Å². The molecule has 2 aromatic carbocycles. The molecule has 0 saturated carbocycles. The van der Waals surface area contributed by atoms with Crippen molar-refractivity contribution >= 4 is 63.9 Å². The van der Waals surface area contributed by atoms with Crippen LogP contribution in [-0.2, 0) is 11.4 Å². The molecule has 3 aromatic rings. The van der Waals surface area contributed by atoms with E-state index in [-0.39, 0.29) is 23.4 Å². The fourth-order valence-electron chi connectivity index (χ4n) is 2.40. The number of rotatable bonds is 6. The number of thiocarbonyl (C=S) groups is 1. The summed E-state index contributed by atoms with van der Waals surface area (Å²) < 4.78 is 5.53. The largest absolute Gasteiger partial charge is 0.459 e. The van der Waals surface area contributed by atoms with Gasteiger partial charge in [-0.05, 0) is 66.8 Å². The van der Waals surface area contributed by atoms with E-state index in [0.29, 0.717) is 32.8 Å². The molecule has 0 aliphatic carbocycles. The van der Waals surface area contributed by atoms with Crippen LogP contribution in [0.25, 0.3) is 11.3 Å². The predicted octanol–water partition coefficient (Wildman–Crippen LogP) is 5.35. The third-order valence-electron chi connectivity index (χ3n) is 3.74. The van der Waals surface area contributed by atoms with E-state index in [1.165, 1.54) is 11.8 Å². The Morgan fingerprint density at radius 2 is 1.86 bits per heavy atom. The van der Waals surface area contributed by atoms with Crippen LogP contribution < -0.4 is 10.6 Å². The lowest BCUT2D eigenvalue weighted by Gasteiger charge is -2.11. The topological polar surface area (TPSA) is 74.5 Å². The van der Waals surface area contributed by atoms with Gasteiger partial charge < -0.3 is 20.2 Å². The summed E-state index contributed by atoms with van der Waals surface area (Å²) in [5.74, 6) is 0.953.